The van der Waals surface area contributed by atoms with E-state index in [2.05, 4.69) is 37.7 Å². The van der Waals surface area contributed by atoms with Crippen molar-refractivity contribution in [2.24, 2.45) is 4.99 Å². The molecular weight excluding hydrogens is 240 g/mol. The first-order valence-corrected chi connectivity index (χ1v) is 6.41. The maximum absolute atomic E-state index is 4.18. The number of hydrogen-bond donors (Lipinski definition) is 2. The van der Waals surface area contributed by atoms with Gasteiger partial charge in [0.15, 0.2) is 5.96 Å². The van der Waals surface area contributed by atoms with Gasteiger partial charge in [0.1, 0.15) is 0 Å². The van der Waals surface area contributed by atoms with Crippen molar-refractivity contribution in [3.63, 3.8) is 0 Å². The molecule has 2 heterocycles. The van der Waals surface area contributed by atoms with Crippen LogP contribution in [0.25, 0.3) is 0 Å². The van der Waals surface area contributed by atoms with Crippen molar-refractivity contribution in [3.8, 4) is 0 Å². The molecule has 0 aromatic carbocycles. The summed E-state index contributed by atoms with van der Waals surface area (Å²) < 4.78 is 4.02. The third kappa shape index (κ3) is 4.50. The molecule has 0 fully saturated rings. The Morgan fingerprint density at radius 3 is 2.42 bits per heavy atom. The van der Waals surface area contributed by atoms with Crippen LogP contribution in [0, 0.1) is 0 Å². The molecule has 19 heavy (non-hydrogen) atoms. The third-order valence-corrected chi connectivity index (χ3v) is 2.74. The second-order valence-corrected chi connectivity index (χ2v) is 4.12. The fraction of sp³-hybridized carbons (Fsp3) is 0.385. The van der Waals surface area contributed by atoms with Crippen molar-refractivity contribution in [3.05, 3.63) is 43.0 Å². The van der Waals surface area contributed by atoms with E-state index in [1.165, 1.54) is 0 Å². The van der Waals surface area contributed by atoms with Gasteiger partial charge in [0.05, 0.1) is 6.54 Å². The van der Waals surface area contributed by atoms with Gasteiger partial charge in [-0.3, -0.25) is 9.67 Å². The standard InChI is InChI=1S/C13H20N6/c1-14-13(15-6-11-18-8-2-3-9-18)16-7-12-19-10-4-5-17-19/h2-5,8-10H,6-7,11-12H2,1H3,(H2,14,15,16). The van der Waals surface area contributed by atoms with E-state index in [9.17, 15) is 0 Å². The molecule has 2 rings (SSSR count). The van der Waals surface area contributed by atoms with Crippen LogP contribution in [0.15, 0.2) is 48.0 Å². The summed E-state index contributed by atoms with van der Waals surface area (Å²) in [6, 6.07) is 5.97. The molecule has 102 valence electrons. The molecule has 2 N–H and O–H groups in total. The number of guanidine groups is 1. The highest BCUT2D eigenvalue weighted by molar-refractivity contribution is 5.79. The van der Waals surface area contributed by atoms with Gasteiger partial charge < -0.3 is 15.2 Å². The van der Waals surface area contributed by atoms with Gasteiger partial charge in [-0.25, -0.2) is 0 Å². The van der Waals surface area contributed by atoms with Crippen LogP contribution in [0.5, 0.6) is 0 Å². The van der Waals surface area contributed by atoms with Gasteiger partial charge in [0.25, 0.3) is 0 Å². The summed E-state index contributed by atoms with van der Waals surface area (Å²) in [5, 5.41) is 10.7. The molecule has 0 atom stereocenters. The van der Waals surface area contributed by atoms with E-state index >= 15 is 0 Å². The van der Waals surface area contributed by atoms with E-state index in [0.29, 0.717) is 0 Å². The highest BCUT2D eigenvalue weighted by atomic mass is 15.3. The summed E-state index contributed by atoms with van der Waals surface area (Å²) in [4.78, 5) is 4.18. The molecule has 6 nitrogen and oxygen atoms in total. The average molecular weight is 260 g/mol. The van der Waals surface area contributed by atoms with Crippen molar-refractivity contribution in [2.75, 3.05) is 20.1 Å². The number of hydrogen-bond acceptors (Lipinski definition) is 2. The van der Waals surface area contributed by atoms with E-state index in [0.717, 1.165) is 32.1 Å². The Labute approximate surface area is 113 Å². The van der Waals surface area contributed by atoms with E-state index in [1.807, 2.05) is 29.1 Å². The SMILES string of the molecule is CN=C(NCCn1cccc1)NCCn1cccn1. The summed E-state index contributed by atoms with van der Waals surface area (Å²) in [6.07, 6.45) is 7.83. The van der Waals surface area contributed by atoms with Crippen molar-refractivity contribution < 1.29 is 0 Å². The van der Waals surface area contributed by atoms with E-state index in [1.54, 1.807) is 13.2 Å². The molecule has 0 spiro atoms. The minimum absolute atomic E-state index is 0.797. The molecule has 0 unspecified atom stereocenters. The molecule has 0 aliphatic carbocycles. The molecule has 0 radical (unpaired) electrons. The fourth-order valence-electron chi connectivity index (χ4n) is 1.76. The first kappa shape index (κ1) is 13.2. The van der Waals surface area contributed by atoms with Crippen molar-refractivity contribution >= 4 is 5.96 Å². The minimum Gasteiger partial charge on any atom is -0.355 e. The largest absolute Gasteiger partial charge is 0.355 e. The zero-order valence-corrected chi connectivity index (χ0v) is 11.2. The highest BCUT2D eigenvalue weighted by Gasteiger charge is 1.97. The summed E-state index contributed by atoms with van der Waals surface area (Å²) in [5.74, 6) is 0.819. The van der Waals surface area contributed by atoms with E-state index in [4.69, 9.17) is 0 Å². The normalized spacial score (nSPS) is 11.5. The highest BCUT2D eigenvalue weighted by Crippen LogP contribution is 1.88. The average Bonchev–Trinajstić information content (AvgIpc) is 3.10. The third-order valence-electron chi connectivity index (χ3n) is 2.74. The van der Waals surface area contributed by atoms with E-state index in [-0.39, 0.29) is 0 Å². The predicted molar refractivity (Wildman–Crippen MR) is 76.0 cm³/mol. The lowest BCUT2D eigenvalue weighted by Crippen LogP contribution is -2.40. The lowest BCUT2D eigenvalue weighted by Gasteiger charge is -2.12. The van der Waals surface area contributed by atoms with Crippen LogP contribution in [0.3, 0.4) is 0 Å². The van der Waals surface area contributed by atoms with Gasteiger partial charge in [0.2, 0.25) is 0 Å². The van der Waals surface area contributed by atoms with Crippen molar-refractivity contribution in [1.82, 2.24) is 25.0 Å². The van der Waals surface area contributed by atoms with Crippen LogP contribution >= 0.6 is 0 Å². The Morgan fingerprint density at radius 2 is 1.79 bits per heavy atom. The molecule has 6 heteroatoms. The second-order valence-electron chi connectivity index (χ2n) is 4.12. The molecule has 0 amide bonds. The maximum atomic E-state index is 4.18. The number of nitrogens with one attached hydrogen (secondary N) is 2. The van der Waals surface area contributed by atoms with Crippen LogP contribution < -0.4 is 10.6 Å². The van der Waals surface area contributed by atoms with Crippen molar-refractivity contribution in [2.45, 2.75) is 13.1 Å². The van der Waals surface area contributed by atoms with Gasteiger partial charge in [-0.15, -0.1) is 0 Å². The second kappa shape index (κ2) is 7.25. The molecule has 0 saturated heterocycles. The lowest BCUT2D eigenvalue weighted by molar-refractivity contribution is 0.594. The molecule has 0 aliphatic heterocycles. The van der Waals surface area contributed by atoms with Crippen LogP contribution in [0.2, 0.25) is 0 Å². The fourth-order valence-corrected chi connectivity index (χ4v) is 1.76. The van der Waals surface area contributed by atoms with Gasteiger partial charge >= 0.3 is 0 Å². The summed E-state index contributed by atoms with van der Waals surface area (Å²) in [5.41, 5.74) is 0. The zero-order valence-electron chi connectivity index (χ0n) is 11.2. The van der Waals surface area contributed by atoms with Crippen molar-refractivity contribution in [1.29, 1.82) is 0 Å². The Morgan fingerprint density at radius 1 is 1.05 bits per heavy atom. The summed E-state index contributed by atoms with van der Waals surface area (Å²) in [6.45, 7) is 3.39. The number of rotatable bonds is 6. The quantitative estimate of drug-likeness (QED) is 0.589. The Balaban J connectivity index is 1.63. The molecule has 0 bridgehead atoms. The summed E-state index contributed by atoms with van der Waals surface area (Å²) in [7, 11) is 1.78. The maximum Gasteiger partial charge on any atom is 0.191 e. The molecule has 2 aromatic rings. The Hall–Kier alpha value is -2.24. The number of aromatic nitrogens is 3. The Kier molecular flexibility index (Phi) is 5.04. The topological polar surface area (TPSA) is 59.2 Å². The van der Waals surface area contributed by atoms with Crippen LogP contribution in [0.1, 0.15) is 0 Å². The van der Waals surface area contributed by atoms with Gasteiger partial charge in [-0.1, -0.05) is 0 Å². The molecule has 0 saturated carbocycles. The molecule has 2 aromatic heterocycles. The van der Waals surface area contributed by atoms with Crippen LogP contribution in [0.4, 0.5) is 0 Å². The monoisotopic (exact) mass is 260 g/mol. The minimum atomic E-state index is 0.797. The number of aliphatic imine (C=N–C) groups is 1. The summed E-state index contributed by atoms with van der Waals surface area (Å²) >= 11 is 0. The predicted octanol–water partition coefficient (Wildman–Crippen LogP) is 0.550. The van der Waals surface area contributed by atoms with Gasteiger partial charge in [-0.2, -0.15) is 5.10 Å². The van der Waals surface area contributed by atoms with E-state index < -0.39 is 0 Å². The smallest absolute Gasteiger partial charge is 0.191 e. The first-order chi connectivity index (χ1) is 9.38. The zero-order chi connectivity index (χ0) is 13.3. The van der Waals surface area contributed by atoms with Gasteiger partial charge in [0, 0.05) is 51.5 Å². The van der Waals surface area contributed by atoms with Crippen LogP contribution in [-0.4, -0.2) is 40.4 Å². The van der Waals surface area contributed by atoms with Crippen LogP contribution in [-0.2, 0) is 13.1 Å². The number of nitrogens with zero attached hydrogens (tertiary/aromatic N) is 4. The lowest BCUT2D eigenvalue weighted by atomic mass is 10.5. The Bertz CT molecular complexity index is 429. The molecule has 0 aliphatic rings. The first-order valence-electron chi connectivity index (χ1n) is 6.41. The molecular formula is C13H20N6. The van der Waals surface area contributed by atoms with Gasteiger partial charge in [-0.05, 0) is 18.2 Å².